The molecule has 2 N–H and O–H groups in total. The highest BCUT2D eigenvalue weighted by atomic mass is 16.3. The zero-order chi connectivity index (χ0) is 21.7. The Kier molecular flexibility index (Phi) is 4.46. The molecule has 162 valence electrons. The molecule has 2 aliphatic rings. The van der Waals surface area contributed by atoms with E-state index in [2.05, 4.69) is 40.7 Å². The van der Waals surface area contributed by atoms with E-state index in [4.69, 9.17) is 0 Å². The van der Waals surface area contributed by atoms with Gasteiger partial charge in [0.15, 0.2) is 5.65 Å². The number of hydrogen-bond donors (Lipinski definition) is 2. The summed E-state index contributed by atoms with van der Waals surface area (Å²) in [6.07, 6.45) is 6.04. The first kappa shape index (κ1) is 19.1. The number of aromatic hydroxyl groups is 1. The topological polar surface area (TPSA) is 118 Å². The summed E-state index contributed by atoms with van der Waals surface area (Å²) < 4.78 is 1.63. The van der Waals surface area contributed by atoms with Gasteiger partial charge in [0.25, 0.3) is 0 Å². The van der Waals surface area contributed by atoms with Crippen molar-refractivity contribution in [1.82, 2.24) is 40.5 Å². The van der Waals surface area contributed by atoms with Crippen molar-refractivity contribution in [2.75, 3.05) is 24.5 Å². The first-order valence-electron chi connectivity index (χ1n) is 10.8. The average Bonchev–Trinajstić information content (AvgIpc) is 3.62. The van der Waals surface area contributed by atoms with Crippen LogP contribution in [0.2, 0.25) is 0 Å². The van der Waals surface area contributed by atoms with Gasteiger partial charge in [0.05, 0.1) is 6.20 Å². The van der Waals surface area contributed by atoms with E-state index in [1.54, 1.807) is 30.2 Å². The molecule has 4 aromatic rings. The second-order valence-electron chi connectivity index (χ2n) is 8.50. The molecule has 1 aliphatic carbocycles. The predicted molar refractivity (Wildman–Crippen MR) is 119 cm³/mol. The average molecular weight is 429 g/mol. The van der Waals surface area contributed by atoms with E-state index in [0.717, 1.165) is 36.7 Å². The van der Waals surface area contributed by atoms with Gasteiger partial charge in [-0.25, -0.2) is 14.6 Å². The summed E-state index contributed by atoms with van der Waals surface area (Å²) in [6.45, 7) is 2.72. The molecule has 6 rings (SSSR count). The molecule has 10 nitrogen and oxygen atoms in total. The second-order valence-corrected chi connectivity index (χ2v) is 8.50. The fraction of sp³-hybridized carbons (Fsp3) is 0.364. The van der Waals surface area contributed by atoms with E-state index in [1.807, 2.05) is 18.2 Å². The Morgan fingerprint density at radius 2 is 1.94 bits per heavy atom. The summed E-state index contributed by atoms with van der Waals surface area (Å²) in [4.78, 5) is 11.1. The summed E-state index contributed by atoms with van der Waals surface area (Å²) in [5.41, 5.74) is 4.22. The van der Waals surface area contributed by atoms with Gasteiger partial charge in [0, 0.05) is 50.0 Å². The number of rotatable bonds is 4. The van der Waals surface area contributed by atoms with E-state index in [-0.39, 0.29) is 5.75 Å². The van der Waals surface area contributed by atoms with E-state index >= 15 is 0 Å². The quantitative estimate of drug-likeness (QED) is 0.500. The highest BCUT2D eigenvalue weighted by Crippen LogP contribution is 2.35. The Labute approximate surface area is 184 Å². The second kappa shape index (κ2) is 7.49. The van der Waals surface area contributed by atoms with E-state index in [0.29, 0.717) is 34.4 Å². The van der Waals surface area contributed by atoms with Crippen LogP contribution in [0, 0.1) is 5.92 Å². The number of aromatic nitrogens is 7. The van der Waals surface area contributed by atoms with Crippen molar-refractivity contribution in [1.29, 1.82) is 0 Å². The van der Waals surface area contributed by atoms with Crippen LogP contribution in [0.15, 0.2) is 36.7 Å². The van der Waals surface area contributed by atoms with Crippen LogP contribution < -0.4 is 10.2 Å². The molecule has 1 aromatic carbocycles. The lowest BCUT2D eigenvalue weighted by molar-refractivity contribution is 0.414. The molecule has 0 unspecified atom stereocenters. The zero-order valence-corrected chi connectivity index (χ0v) is 17.7. The van der Waals surface area contributed by atoms with Gasteiger partial charge in [-0.05, 0) is 42.5 Å². The van der Waals surface area contributed by atoms with Crippen LogP contribution in [-0.4, -0.2) is 65.9 Å². The fourth-order valence-corrected chi connectivity index (χ4v) is 4.32. The van der Waals surface area contributed by atoms with Crippen LogP contribution in [0.1, 0.15) is 12.8 Å². The normalized spacial score (nSPS) is 18.9. The maximum absolute atomic E-state index is 10.7. The number of anilines is 1. The Hall–Kier alpha value is -3.66. The first-order valence-corrected chi connectivity index (χ1v) is 10.8. The number of pyridine rings is 1. The van der Waals surface area contributed by atoms with Gasteiger partial charge in [0.2, 0.25) is 5.95 Å². The van der Waals surface area contributed by atoms with Gasteiger partial charge in [-0.3, -0.25) is 0 Å². The third kappa shape index (κ3) is 3.42. The standard InChI is InChI=1S/C22H23N9O/c1-30-21-17(27-29-30)8-15(10-24-21)14-4-5-16(20(32)9-14)18-11-25-22(28-26-18)31-7-6-23-19(12-31)13-2-3-13/h4-5,8-11,13,19,23,32H,2-3,6-7,12H2,1H3/t19-/m1/s1. The van der Waals surface area contributed by atoms with Crippen molar-refractivity contribution >= 4 is 17.1 Å². The van der Waals surface area contributed by atoms with Crippen LogP contribution in [0.3, 0.4) is 0 Å². The number of nitrogens with zero attached hydrogens (tertiary/aromatic N) is 8. The Balaban J connectivity index is 1.23. The molecule has 10 heteroatoms. The van der Waals surface area contributed by atoms with Gasteiger partial charge >= 0.3 is 0 Å². The van der Waals surface area contributed by atoms with Crippen molar-refractivity contribution in [2.45, 2.75) is 18.9 Å². The number of benzene rings is 1. The number of phenols is 1. The first-order chi connectivity index (χ1) is 15.7. The number of piperazine rings is 1. The molecule has 1 saturated heterocycles. The minimum atomic E-state index is 0.113. The molecular weight excluding hydrogens is 406 g/mol. The van der Waals surface area contributed by atoms with Gasteiger partial charge in [0.1, 0.15) is 17.0 Å². The van der Waals surface area contributed by atoms with E-state index in [1.165, 1.54) is 12.8 Å². The number of aryl methyl sites for hydroxylation is 1. The monoisotopic (exact) mass is 429 g/mol. The summed E-state index contributed by atoms with van der Waals surface area (Å²) >= 11 is 0. The Morgan fingerprint density at radius 1 is 1.03 bits per heavy atom. The maximum atomic E-state index is 10.7. The van der Waals surface area contributed by atoms with Gasteiger partial charge in [-0.2, -0.15) is 0 Å². The number of fused-ring (bicyclic) bond motifs is 1. The van der Waals surface area contributed by atoms with Crippen LogP contribution in [0.4, 0.5) is 5.95 Å². The van der Waals surface area contributed by atoms with Crippen LogP contribution in [0.5, 0.6) is 5.75 Å². The summed E-state index contributed by atoms with van der Waals surface area (Å²) in [6, 6.07) is 7.85. The lowest BCUT2D eigenvalue weighted by Gasteiger charge is -2.33. The number of nitrogens with one attached hydrogen (secondary N) is 1. The molecular formula is C22H23N9O. The van der Waals surface area contributed by atoms with Crippen molar-refractivity contribution in [3.8, 4) is 28.1 Å². The summed E-state index contributed by atoms with van der Waals surface area (Å²) in [5.74, 6) is 1.53. The summed E-state index contributed by atoms with van der Waals surface area (Å²) in [7, 11) is 1.80. The van der Waals surface area contributed by atoms with Crippen LogP contribution in [0.25, 0.3) is 33.5 Å². The largest absolute Gasteiger partial charge is 0.507 e. The third-order valence-corrected chi connectivity index (χ3v) is 6.28. The molecule has 0 spiro atoms. The number of hydrogen-bond acceptors (Lipinski definition) is 9. The molecule has 0 amide bonds. The molecule has 4 heterocycles. The van der Waals surface area contributed by atoms with Crippen LogP contribution in [-0.2, 0) is 7.05 Å². The van der Waals surface area contributed by atoms with Gasteiger partial charge < -0.3 is 15.3 Å². The highest BCUT2D eigenvalue weighted by molar-refractivity contribution is 5.79. The maximum Gasteiger partial charge on any atom is 0.245 e. The van der Waals surface area contributed by atoms with Crippen LogP contribution >= 0.6 is 0 Å². The third-order valence-electron chi connectivity index (χ3n) is 6.28. The molecule has 2 fully saturated rings. The van der Waals surface area contributed by atoms with Gasteiger partial charge in [-0.1, -0.05) is 11.3 Å². The fourth-order valence-electron chi connectivity index (χ4n) is 4.32. The Morgan fingerprint density at radius 3 is 2.72 bits per heavy atom. The smallest absolute Gasteiger partial charge is 0.245 e. The molecule has 3 aromatic heterocycles. The molecule has 1 aliphatic heterocycles. The molecule has 0 bridgehead atoms. The van der Waals surface area contributed by atoms with Crippen molar-refractivity contribution in [3.63, 3.8) is 0 Å². The minimum absolute atomic E-state index is 0.113. The lowest BCUT2D eigenvalue weighted by atomic mass is 10.0. The van der Waals surface area contributed by atoms with Gasteiger partial charge in [-0.15, -0.1) is 15.3 Å². The molecule has 1 saturated carbocycles. The zero-order valence-electron chi connectivity index (χ0n) is 17.7. The molecule has 0 radical (unpaired) electrons. The van der Waals surface area contributed by atoms with Crippen molar-refractivity contribution in [3.05, 3.63) is 36.7 Å². The number of phenolic OH excluding ortho intramolecular Hbond substituents is 1. The van der Waals surface area contributed by atoms with E-state index in [9.17, 15) is 5.11 Å². The molecule has 1 atom stereocenters. The highest BCUT2D eigenvalue weighted by Gasteiger charge is 2.34. The SMILES string of the molecule is Cn1nnc2cc(-c3ccc(-c4cnc(N5CCN[C@@H](C6CC6)C5)nn4)c(O)c3)cnc21. The van der Waals surface area contributed by atoms with Crippen molar-refractivity contribution < 1.29 is 5.11 Å². The lowest BCUT2D eigenvalue weighted by Crippen LogP contribution is -2.52. The Bertz CT molecular complexity index is 1280. The minimum Gasteiger partial charge on any atom is -0.507 e. The van der Waals surface area contributed by atoms with E-state index < -0.39 is 0 Å². The predicted octanol–water partition coefficient (Wildman–Crippen LogP) is 1.78. The summed E-state index contributed by atoms with van der Waals surface area (Å²) in [5, 5.41) is 31.1. The van der Waals surface area contributed by atoms with Crippen molar-refractivity contribution in [2.24, 2.45) is 13.0 Å². The molecule has 32 heavy (non-hydrogen) atoms.